The van der Waals surface area contributed by atoms with Gasteiger partial charge in [0.1, 0.15) is 13.2 Å². The van der Waals surface area contributed by atoms with Gasteiger partial charge >= 0.3 is 17.9 Å². The van der Waals surface area contributed by atoms with Crippen molar-refractivity contribution in [3.05, 3.63) is 72.9 Å². The largest absolute Gasteiger partial charge is 0.462 e. The third-order valence-electron chi connectivity index (χ3n) is 15.7. The van der Waals surface area contributed by atoms with Gasteiger partial charge in [0.2, 0.25) is 0 Å². The number of unbranched alkanes of at least 4 members (excludes halogenated alkanes) is 42. The van der Waals surface area contributed by atoms with E-state index in [0.29, 0.717) is 19.3 Å². The molecule has 0 amide bonds. The Kier molecular flexibility index (Phi) is 66.6. The fraction of sp³-hybridized carbons (Fsp3) is 0.800. The molecular weight excluding hydrogens is 997 g/mol. The number of hydrogen-bond acceptors (Lipinski definition) is 6. The minimum absolute atomic E-state index is 0.0936. The van der Waals surface area contributed by atoms with Crippen molar-refractivity contribution in [2.24, 2.45) is 0 Å². The second-order valence-electron chi connectivity index (χ2n) is 23.8. The van der Waals surface area contributed by atoms with Crippen molar-refractivity contribution >= 4 is 17.9 Å². The molecule has 1 unspecified atom stereocenters. The van der Waals surface area contributed by atoms with Gasteiger partial charge in [-0.05, 0) is 57.8 Å². The highest BCUT2D eigenvalue weighted by Crippen LogP contribution is 2.18. The minimum atomic E-state index is -0.805. The first-order chi connectivity index (χ1) is 40.0. The molecule has 0 aromatic rings. The Morgan fingerprint density at radius 3 is 0.753 bits per heavy atom. The van der Waals surface area contributed by atoms with Crippen LogP contribution in [-0.2, 0) is 28.6 Å². The predicted molar refractivity (Wildman–Crippen MR) is 353 cm³/mol. The maximum absolute atomic E-state index is 13.0. The topological polar surface area (TPSA) is 78.9 Å². The van der Waals surface area contributed by atoms with Gasteiger partial charge in [0.15, 0.2) is 6.10 Å². The van der Waals surface area contributed by atoms with Crippen molar-refractivity contribution in [2.45, 2.75) is 374 Å². The van der Waals surface area contributed by atoms with Crippen LogP contribution in [0.1, 0.15) is 367 Å². The van der Waals surface area contributed by atoms with Crippen LogP contribution in [0, 0.1) is 0 Å². The van der Waals surface area contributed by atoms with Crippen LogP contribution in [0.15, 0.2) is 72.9 Å². The summed E-state index contributed by atoms with van der Waals surface area (Å²) >= 11 is 0. The zero-order valence-corrected chi connectivity index (χ0v) is 54.1. The van der Waals surface area contributed by atoms with Crippen LogP contribution in [0.25, 0.3) is 0 Å². The molecule has 0 radical (unpaired) electrons. The first kappa shape index (κ1) is 77.9. The Bertz CT molecular complexity index is 1490. The highest BCUT2D eigenvalue weighted by molar-refractivity contribution is 5.71. The monoisotopic (exact) mass is 1130 g/mol. The Hall–Kier alpha value is -3.15. The summed E-state index contributed by atoms with van der Waals surface area (Å²) < 4.78 is 16.9. The molecule has 0 rings (SSSR count). The summed E-state index contributed by atoms with van der Waals surface area (Å²) in [4.78, 5) is 38.4. The van der Waals surface area contributed by atoms with Gasteiger partial charge in [0.25, 0.3) is 0 Å². The molecule has 0 fully saturated rings. The molecule has 0 aliphatic carbocycles. The van der Waals surface area contributed by atoms with Gasteiger partial charge in [-0.2, -0.15) is 0 Å². The van der Waals surface area contributed by atoms with E-state index < -0.39 is 6.10 Å². The Labute approximate surface area is 503 Å². The van der Waals surface area contributed by atoms with Crippen LogP contribution in [0.4, 0.5) is 0 Å². The average molecular weight is 1130 g/mol. The molecule has 81 heavy (non-hydrogen) atoms. The van der Waals surface area contributed by atoms with Crippen LogP contribution in [0.2, 0.25) is 0 Å². The van der Waals surface area contributed by atoms with E-state index in [1.165, 1.54) is 244 Å². The first-order valence-electron chi connectivity index (χ1n) is 35.4. The lowest BCUT2D eigenvalue weighted by Gasteiger charge is -2.18. The zero-order valence-electron chi connectivity index (χ0n) is 54.1. The number of hydrogen-bond donors (Lipinski definition) is 0. The molecule has 0 aromatic carbocycles. The van der Waals surface area contributed by atoms with Gasteiger partial charge in [0, 0.05) is 19.3 Å². The lowest BCUT2D eigenvalue weighted by atomic mass is 10.0. The maximum Gasteiger partial charge on any atom is 0.306 e. The van der Waals surface area contributed by atoms with Gasteiger partial charge in [-0.1, -0.05) is 363 Å². The summed E-state index contributed by atoms with van der Waals surface area (Å²) in [6.45, 7) is 6.53. The summed E-state index contributed by atoms with van der Waals surface area (Å²) in [5, 5.41) is 0. The molecular formula is C75H134O6. The van der Waals surface area contributed by atoms with E-state index >= 15 is 0 Å². The molecule has 6 nitrogen and oxygen atoms in total. The lowest BCUT2D eigenvalue weighted by Crippen LogP contribution is -2.30. The first-order valence-corrected chi connectivity index (χ1v) is 35.4. The van der Waals surface area contributed by atoms with Gasteiger partial charge in [-0.25, -0.2) is 0 Å². The molecule has 0 N–H and O–H groups in total. The number of carbonyl (C=O) groups excluding carboxylic acids is 3. The summed E-state index contributed by atoms with van der Waals surface area (Å²) in [5.74, 6) is -0.957. The SMILES string of the molecule is CC/C=C\C/C=C\C/C=C\C/C=C\C/C=C\C/C=C\CCC(=O)OCC(COC(=O)CCCCCCCCCCCCCCCCCCCCCCCC)OC(=O)CCCCCCCCCCCCCCCCCCCCCCCC. The smallest absolute Gasteiger partial charge is 0.306 e. The molecule has 0 saturated heterocycles. The fourth-order valence-electron chi connectivity index (χ4n) is 10.5. The molecule has 0 aliphatic rings. The second kappa shape index (κ2) is 69.3. The van der Waals surface area contributed by atoms with Crippen molar-refractivity contribution in [3.8, 4) is 0 Å². The molecule has 0 spiro atoms. The zero-order chi connectivity index (χ0) is 58.5. The van der Waals surface area contributed by atoms with E-state index in [1.54, 1.807) is 0 Å². The summed E-state index contributed by atoms with van der Waals surface area (Å²) in [6.07, 6.45) is 90.9. The summed E-state index contributed by atoms with van der Waals surface area (Å²) in [5.41, 5.74) is 0. The van der Waals surface area contributed by atoms with E-state index in [1.807, 2.05) is 6.08 Å². The predicted octanol–water partition coefficient (Wildman–Crippen LogP) is 24.4. The molecule has 6 heteroatoms. The minimum Gasteiger partial charge on any atom is -0.462 e. The summed E-state index contributed by atoms with van der Waals surface area (Å²) in [6, 6.07) is 0. The molecule has 1 atom stereocenters. The fourth-order valence-corrected chi connectivity index (χ4v) is 10.5. The van der Waals surface area contributed by atoms with E-state index in [9.17, 15) is 14.4 Å². The van der Waals surface area contributed by atoms with Crippen LogP contribution >= 0.6 is 0 Å². The molecule has 470 valence electrons. The molecule has 0 heterocycles. The third-order valence-corrected chi connectivity index (χ3v) is 15.7. The highest BCUT2D eigenvalue weighted by Gasteiger charge is 2.19. The van der Waals surface area contributed by atoms with Crippen molar-refractivity contribution < 1.29 is 28.6 Å². The van der Waals surface area contributed by atoms with Crippen molar-refractivity contribution in [1.29, 1.82) is 0 Å². The number of ether oxygens (including phenoxy) is 3. The molecule has 0 saturated carbocycles. The Morgan fingerprint density at radius 2 is 0.481 bits per heavy atom. The Morgan fingerprint density at radius 1 is 0.259 bits per heavy atom. The van der Waals surface area contributed by atoms with Gasteiger partial charge < -0.3 is 14.2 Å². The van der Waals surface area contributed by atoms with E-state index in [4.69, 9.17) is 14.2 Å². The number of carbonyl (C=O) groups is 3. The van der Waals surface area contributed by atoms with Crippen LogP contribution in [-0.4, -0.2) is 37.2 Å². The normalized spacial score (nSPS) is 12.5. The maximum atomic E-state index is 13.0. The number of esters is 3. The van der Waals surface area contributed by atoms with Crippen LogP contribution in [0.5, 0.6) is 0 Å². The summed E-state index contributed by atoms with van der Waals surface area (Å²) in [7, 11) is 0. The average Bonchev–Trinajstić information content (AvgIpc) is 3.47. The van der Waals surface area contributed by atoms with Gasteiger partial charge in [-0.15, -0.1) is 0 Å². The van der Waals surface area contributed by atoms with E-state index in [-0.39, 0.29) is 37.5 Å². The van der Waals surface area contributed by atoms with Gasteiger partial charge in [-0.3, -0.25) is 14.4 Å². The number of allylic oxidation sites excluding steroid dienone is 12. The van der Waals surface area contributed by atoms with Crippen LogP contribution < -0.4 is 0 Å². The second-order valence-corrected chi connectivity index (χ2v) is 23.8. The van der Waals surface area contributed by atoms with Gasteiger partial charge in [0.05, 0.1) is 0 Å². The van der Waals surface area contributed by atoms with Crippen LogP contribution in [0.3, 0.4) is 0 Å². The highest BCUT2D eigenvalue weighted by atomic mass is 16.6. The van der Waals surface area contributed by atoms with Crippen molar-refractivity contribution in [1.82, 2.24) is 0 Å². The quantitative estimate of drug-likeness (QED) is 0.0261. The van der Waals surface area contributed by atoms with Crippen molar-refractivity contribution in [2.75, 3.05) is 13.2 Å². The van der Waals surface area contributed by atoms with E-state index in [0.717, 1.165) is 77.0 Å². The molecule has 0 aromatic heterocycles. The molecule has 0 aliphatic heterocycles. The van der Waals surface area contributed by atoms with E-state index in [2.05, 4.69) is 87.6 Å². The standard InChI is InChI=1S/C75H134O6/c1-4-7-10-13-16-19-22-25-28-31-34-36-38-41-44-47-50-53-56-59-62-65-68-74(77)80-71-72(70-79-73(76)67-64-61-58-55-52-49-46-43-40-33-30-27-24-21-18-15-12-9-6-3)81-75(78)69-66-63-60-57-54-51-48-45-42-39-37-35-32-29-26-23-20-17-14-11-8-5-2/h9,12,18,21,27,30,40,43,49,52,58,61,72H,4-8,10-11,13-17,19-20,22-26,28-29,31-39,41-42,44-48,50-51,53-57,59-60,62-71H2,1-3H3/b12-9-,21-18-,30-27-,43-40-,52-49-,61-58-. The lowest BCUT2D eigenvalue weighted by molar-refractivity contribution is -0.166. The third kappa shape index (κ3) is 67.5. The van der Waals surface area contributed by atoms with Crippen molar-refractivity contribution in [3.63, 3.8) is 0 Å². The Balaban J connectivity index is 4.40. The molecule has 0 bridgehead atoms. The number of rotatable bonds is 65.